The number of anilines is 1. The van der Waals surface area contributed by atoms with Crippen LogP contribution in [0.25, 0.3) is 17.1 Å². The van der Waals surface area contributed by atoms with Gasteiger partial charge in [0.2, 0.25) is 5.91 Å². The maximum Gasteiger partial charge on any atom is 0.437 e. The Morgan fingerprint density at radius 3 is 2.58 bits per heavy atom. The number of benzene rings is 2. The van der Waals surface area contributed by atoms with Crippen molar-refractivity contribution in [2.45, 2.75) is 13.5 Å². The molecule has 2 heterocycles. The second-order valence-corrected chi connectivity index (χ2v) is 7.36. The molecule has 0 radical (unpaired) electrons. The van der Waals surface area contributed by atoms with Crippen molar-refractivity contribution in [3.05, 3.63) is 69.9 Å². The van der Waals surface area contributed by atoms with Gasteiger partial charge in [-0.25, -0.2) is 9.48 Å². The Bertz CT molecular complexity index is 1360. The Labute approximate surface area is 193 Å². The van der Waals surface area contributed by atoms with Crippen LogP contribution in [0.3, 0.4) is 0 Å². The first-order valence-electron chi connectivity index (χ1n) is 9.81. The minimum Gasteiger partial charge on any atom is -0.495 e. The molecule has 0 bridgehead atoms. The highest BCUT2D eigenvalue weighted by Crippen LogP contribution is 2.35. The first-order chi connectivity index (χ1) is 15.9. The van der Waals surface area contributed by atoms with Crippen LogP contribution in [0, 0.1) is 6.92 Å². The van der Waals surface area contributed by atoms with Gasteiger partial charge in [-0.15, -0.1) is 5.10 Å². The van der Waals surface area contributed by atoms with Crippen molar-refractivity contribution < 1.29 is 18.7 Å². The predicted octanol–water partition coefficient (Wildman–Crippen LogP) is 3.31. The quantitative estimate of drug-likeness (QED) is 0.441. The van der Waals surface area contributed by atoms with E-state index in [0.717, 1.165) is 16.1 Å². The topological polar surface area (TPSA) is 113 Å². The van der Waals surface area contributed by atoms with Crippen molar-refractivity contribution in [1.29, 1.82) is 0 Å². The molecule has 4 aromatic rings. The van der Waals surface area contributed by atoms with Crippen LogP contribution in [0.5, 0.6) is 11.5 Å². The highest BCUT2D eigenvalue weighted by atomic mass is 35.5. The number of ether oxygens (including phenoxy) is 2. The Balaban J connectivity index is 1.55. The van der Waals surface area contributed by atoms with E-state index in [1.807, 2.05) is 37.3 Å². The first kappa shape index (κ1) is 22.2. The van der Waals surface area contributed by atoms with E-state index in [1.54, 1.807) is 16.9 Å². The highest BCUT2D eigenvalue weighted by molar-refractivity contribution is 6.32. The van der Waals surface area contributed by atoms with Gasteiger partial charge < -0.3 is 19.2 Å². The zero-order valence-corrected chi connectivity index (χ0v) is 18.8. The summed E-state index contributed by atoms with van der Waals surface area (Å²) in [5.74, 6) is -0.477. The number of rotatable bonds is 7. The maximum atomic E-state index is 12.6. The van der Waals surface area contributed by atoms with Crippen LogP contribution in [0.2, 0.25) is 5.02 Å². The Morgan fingerprint density at radius 2 is 1.88 bits per heavy atom. The van der Waals surface area contributed by atoms with Crippen molar-refractivity contribution in [2.24, 2.45) is 0 Å². The largest absolute Gasteiger partial charge is 0.495 e. The zero-order valence-electron chi connectivity index (χ0n) is 18.0. The maximum absolute atomic E-state index is 12.6. The fourth-order valence-corrected chi connectivity index (χ4v) is 3.49. The van der Waals surface area contributed by atoms with Crippen molar-refractivity contribution in [3.8, 4) is 28.6 Å². The van der Waals surface area contributed by atoms with Crippen LogP contribution in [0.1, 0.15) is 5.69 Å². The summed E-state index contributed by atoms with van der Waals surface area (Å²) in [4.78, 5) is 24.9. The predicted molar refractivity (Wildman–Crippen MR) is 121 cm³/mol. The first-order valence-corrected chi connectivity index (χ1v) is 10.2. The van der Waals surface area contributed by atoms with Gasteiger partial charge in [0, 0.05) is 6.07 Å². The van der Waals surface area contributed by atoms with Gasteiger partial charge in [0.15, 0.2) is 0 Å². The van der Waals surface area contributed by atoms with Crippen LogP contribution in [0.15, 0.2) is 57.9 Å². The minimum absolute atomic E-state index is 0.0672. The summed E-state index contributed by atoms with van der Waals surface area (Å²) in [6, 6.07) is 12.6. The highest BCUT2D eigenvalue weighted by Gasteiger charge is 2.19. The minimum atomic E-state index is -0.772. The number of aromatic nitrogens is 4. The average molecular weight is 470 g/mol. The number of halogens is 1. The SMILES string of the molecule is COc1cc(OC)c(NC(=O)Cn2nc(-c3cnn(-c4ccccc4)c3C)oc2=O)cc1Cl. The van der Waals surface area contributed by atoms with E-state index in [4.69, 9.17) is 25.5 Å². The molecule has 0 aliphatic heterocycles. The third kappa shape index (κ3) is 4.46. The van der Waals surface area contributed by atoms with E-state index in [0.29, 0.717) is 27.8 Å². The van der Waals surface area contributed by atoms with E-state index in [9.17, 15) is 9.59 Å². The second-order valence-electron chi connectivity index (χ2n) is 6.96. The van der Waals surface area contributed by atoms with E-state index < -0.39 is 11.7 Å². The van der Waals surface area contributed by atoms with Crippen molar-refractivity contribution >= 4 is 23.2 Å². The normalized spacial score (nSPS) is 10.8. The number of carbonyl (C=O) groups excluding carboxylic acids is 1. The number of hydrogen-bond acceptors (Lipinski definition) is 7. The molecule has 2 aromatic carbocycles. The van der Waals surface area contributed by atoms with Gasteiger partial charge in [-0.1, -0.05) is 29.8 Å². The molecule has 0 saturated carbocycles. The molecule has 0 spiro atoms. The van der Waals surface area contributed by atoms with Gasteiger partial charge in [0.25, 0.3) is 5.89 Å². The lowest BCUT2D eigenvalue weighted by Crippen LogP contribution is -2.26. The van der Waals surface area contributed by atoms with E-state index >= 15 is 0 Å². The molecule has 0 atom stereocenters. The zero-order chi connectivity index (χ0) is 23.5. The van der Waals surface area contributed by atoms with Crippen molar-refractivity contribution in [2.75, 3.05) is 19.5 Å². The third-order valence-corrected chi connectivity index (χ3v) is 5.18. The standard InChI is InChI=1S/C22H20ClN5O5/c1-13-15(11-24-28(13)14-7-5-4-6-8-14)21-26-27(22(30)33-21)12-20(29)25-17-9-16(23)18(31-2)10-19(17)32-3/h4-11H,12H2,1-3H3,(H,25,29). The molecule has 0 aliphatic rings. The van der Waals surface area contributed by atoms with Crippen molar-refractivity contribution in [1.82, 2.24) is 19.6 Å². The monoisotopic (exact) mass is 469 g/mol. The molecule has 0 fully saturated rings. The van der Waals surface area contributed by atoms with Gasteiger partial charge in [-0.05, 0) is 25.1 Å². The van der Waals surface area contributed by atoms with Crippen LogP contribution in [-0.2, 0) is 11.3 Å². The Kier molecular flexibility index (Phi) is 6.18. The second kappa shape index (κ2) is 9.21. The van der Waals surface area contributed by atoms with Crippen LogP contribution in [-0.4, -0.2) is 39.7 Å². The fraction of sp³-hybridized carbons (Fsp3) is 0.182. The van der Waals surface area contributed by atoms with Gasteiger partial charge in [0.1, 0.15) is 18.0 Å². The summed E-state index contributed by atoms with van der Waals surface area (Å²) >= 11 is 6.14. The summed E-state index contributed by atoms with van der Waals surface area (Å²) in [7, 11) is 2.92. The average Bonchev–Trinajstić information content (AvgIpc) is 3.36. The molecular weight excluding hydrogens is 450 g/mol. The van der Waals surface area contributed by atoms with E-state index in [1.165, 1.54) is 20.3 Å². The summed E-state index contributed by atoms with van der Waals surface area (Å²) in [6.45, 7) is 1.46. The lowest BCUT2D eigenvalue weighted by atomic mass is 10.2. The Hall–Kier alpha value is -4.05. The molecule has 10 nitrogen and oxygen atoms in total. The molecule has 4 rings (SSSR count). The van der Waals surface area contributed by atoms with Gasteiger partial charge in [0.05, 0.1) is 48.1 Å². The lowest BCUT2D eigenvalue weighted by molar-refractivity contribution is -0.117. The molecule has 1 N–H and O–H groups in total. The molecule has 33 heavy (non-hydrogen) atoms. The molecule has 2 aromatic heterocycles. The Morgan fingerprint density at radius 1 is 1.15 bits per heavy atom. The number of hydrogen-bond donors (Lipinski definition) is 1. The van der Waals surface area contributed by atoms with Crippen molar-refractivity contribution in [3.63, 3.8) is 0 Å². The smallest absolute Gasteiger partial charge is 0.437 e. The number of amides is 1. The number of carbonyl (C=O) groups is 1. The molecular formula is C22H20ClN5O5. The van der Waals surface area contributed by atoms with Crippen LogP contribution >= 0.6 is 11.6 Å². The molecule has 1 amide bonds. The number of para-hydroxylation sites is 1. The van der Waals surface area contributed by atoms with Gasteiger partial charge >= 0.3 is 5.76 Å². The van der Waals surface area contributed by atoms with Gasteiger partial charge in [-0.3, -0.25) is 4.79 Å². The molecule has 0 aliphatic carbocycles. The number of nitrogens with zero attached hydrogens (tertiary/aromatic N) is 4. The number of nitrogens with one attached hydrogen (secondary N) is 1. The summed E-state index contributed by atoms with van der Waals surface area (Å²) in [5, 5.41) is 11.5. The molecule has 0 unspecified atom stereocenters. The van der Waals surface area contributed by atoms with Crippen LogP contribution in [0.4, 0.5) is 5.69 Å². The van der Waals surface area contributed by atoms with E-state index in [2.05, 4.69) is 15.5 Å². The summed E-state index contributed by atoms with van der Waals surface area (Å²) in [6.07, 6.45) is 1.56. The van der Waals surface area contributed by atoms with Crippen LogP contribution < -0.4 is 20.5 Å². The molecule has 11 heteroatoms. The lowest BCUT2D eigenvalue weighted by Gasteiger charge is -2.12. The van der Waals surface area contributed by atoms with E-state index in [-0.39, 0.29) is 12.4 Å². The third-order valence-electron chi connectivity index (χ3n) is 4.89. The van der Waals surface area contributed by atoms with Gasteiger partial charge in [-0.2, -0.15) is 9.78 Å². The number of methoxy groups -OCH3 is 2. The molecule has 0 saturated heterocycles. The fourth-order valence-electron chi connectivity index (χ4n) is 3.25. The summed E-state index contributed by atoms with van der Waals surface area (Å²) < 4.78 is 18.3. The molecule has 170 valence electrons. The summed E-state index contributed by atoms with van der Waals surface area (Å²) in [5.41, 5.74) is 2.45.